The predicted molar refractivity (Wildman–Crippen MR) is 85.9 cm³/mol. The van der Waals surface area contributed by atoms with Gasteiger partial charge in [0.15, 0.2) is 0 Å². The van der Waals surface area contributed by atoms with Crippen molar-refractivity contribution in [2.75, 3.05) is 5.73 Å². The number of aromatic nitrogens is 1. The molecule has 0 atom stereocenters. The first-order valence-corrected chi connectivity index (χ1v) is 7.08. The summed E-state index contributed by atoms with van der Waals surface area (Å²) in [6, 6.07) is 2.16. The van der Waals surface area contributed by atoms with Crippen LogP contribution in [-0.4, -0.2) is 4.98 Å². The monoisotopic (exact) mass is 258 g/mol. The maximum Gasteiger partial charge on any atom is 0.127 e. The highest BCUT2D eigenvalue weighted by Crippen LogP contribution is 2.30. The number of nitrogen functional groups attached to an aromatic ring is 1. The summed E-state index contributed by atoms with van der Waals surface area (Å²) < 4.78 is 0. The van der Waals surface area contributed by atoms with E-state index in [1.54, 1.807) is 0 Å². The van der Waals surface area contributed by atoms with Crippen molar-refractivity contribution in [3.05, 3.63) is 35.0 Å². The van der Waals surface area contributed by atoms with E-state index in [1.165, 1.54) is 0 Å². The van der Waals surface area contributed by atoms with Crippen LogP contribution in [0.4, 0.5) is 5.82 Å². The molecule has 0 unspecified atom stereocenters. The standard InChI is InChI=1S/C15H20N2.C2H6/c1-10(2)12-9-11-5-7-15(3,4)8-6-13(11)17-14(12)16;1-2/h5-10H,1-4H3,(H2,16,17);1-2H3. The number of fused-ring (bicyclic) bond motifs is 1. The lowest BCUT2D eigenvalue weighted by atomic mass is 9.93. The highest BCUT2D eigenvalue weighted by Gasteiger charge is 2.15. The second-order valence-corrected chi connectivity index (χ2v) is 5.58. The Balaban J connectivity index is 0.000000861. The van der Waals surface area contributed by atoms with Crippen molar-refractivity contribution < 1.29 is 0 Å². The van der Waals surface area contributed by atoms with Gasteiger partial charge >= 0.3 is 0 Å². The van der Waals surface area contributed by atoms with Crippen molar-refractivity contribution in [3.63, 3.8) is 0 Å². The molecule has 0 amide bonds. The number of anilines is 1. The molecular formula is C17H26N2. The van der Waals surface area contributed by atoms with Crippen molar-refractivity contribution in [3.8, 4) is 0 Å². The highest BCUT2D eigenvalue weighted by atomic mass is 14.8. The number of allylic oxidation sites excluding steroid dienone is 2. The molecule has 0 radical (unpaired) electrons. The van der Waals surface area contributed by atoms with E-state index < -0.39 is 0 Å². The number of hydrogen-bond acceptors (Lipinski definition) is 2. The SMILES string of the molecule is CC.CC(C)c1cc2c(nc1N)C=CC(C)(C)C=C2. The van der Waals surface area contributed by atoms with E-state index in [-0.39, 0.29) is 5.41 Å². The van der Waals surface area contributed by atoms with Gasteiger partial charge in [-0.2, -0.15) is 0 Å². The molecule has 1 heterocycles. The Morgan fingerprint density at radius 1 is 1.11 bits per heavy atom. The molecule has 2 rings (SSSR count). The minimum atomic E-state index is 0.0768. The molecule has 104 valence electrons. The van der Waals surface area contributed by atoms with E-state index in [1.807, 2.05) is 13.8 Å². The third-order valence-corrected chi connectivity index (χ3v) is 3.13. The van der Waals surface area contributed by atoms with Gasteiger partial charge in [0.1, 0.15) is 5.82 Å². The number of nitrogens with two attached hydrogens (primary N) is 1. The Hall–Kier alpha value is -1.57. The zero-order valence-electron chi connectivity index (χ0n) is 13.0. The Kier molecular flexibility index (Phi) is 4.93. The molecule has 0 saturated heterocycles. The van der Waals surface area contributed by atoms with Crippen LogP contribution >= 0.6 is 0 Å². The van der Waals surface area contributed by atoms with E-state index in [2.05, 4.69) is 63.0 Å². The summed E-state index contributed by atoms with van der Waals surface area (Å²) in [6.45, 7) is 12.6. The summed E-state index contributed by atoms with van der Waals surface area (Å²) in [4.78, 5) is 4.50. The van der Waals surface area contributed by atoms with Gasteiger partial charge < -0.3 is 5.73 Å². The van der Waals surface area contributed by atoms with Crippen LogP contribution in [0.25, 0.3) is 12.2 Å². The maximum atomic E-state index is 6.00. The smallest absolute Gasteiger partial charge is 0.127 e. The molecular weight excluding hydrogens is 232 g/mol. The normalized spacial score (nSPS) is 15.5. The van der Waals surface area contributed by atoms with E-state index >= 15 is 0 Å². The average Bonchev–Trinajstić information content (AvgIpc) is 2.50. The highest BCUT2D eigenvalue weighted by molar-refractivity contribution is 5.69. The fraction of sp³-hybridized carbons (Fsp3) is 0.471. The number of nitrogens with zero attached hydrogens (tertiary/aromatic N) is 1. The number of pyridine rings is 1. The van der Waals surface area contributed by atoms with Gasteiger partial charge in [0.25, 0.3) is 0 Å². The van der Waals surface area contributed by atoms with Crippen molar-refractivity contribution in [1.29, 1.82) is 0 Å². The molecule has 0 saturated carbocycles. The first-order valence-electron chi connectivity index (χ1n) is 7.08. The third-order valence-electron chi connectivity index (χ3n) is 3.13. The van der Waals surface area contributed by atoms with Crippen LogP contribution in [0.5, 0.6) is 0 Å². The first-order chi connectivity index (χ1) is 8.89. The summed E-state index contributed by atoms with van der Waals surface area (Å²) in [6.07, 6.45) is 8.58. The first kappa shape index (κ1) is 15.5. The minimum absolute atomic E-state index is 0.0768. The molecule has 2 N–H and O–H groups in total. The molecule has 2 nitrogen and oxygen atoms in total. The summed E-state index contributed by atoms with van der Waals surface area (Å²) in [7, 11) is 0. The molecule has 19 heavy (non-hydrogen) atoms. The fourth-order valence-corrected chi connectivity index (χ4v) is 1.96. The molecule has 2 heteroatoms. The van der Waals surface area contributed by atoms with Crippen LogP contribution in [0.1, 0.15) is 64.3 Å². The molecule has 0 fully saturated rings. The van der Waals surface area contributed by atoms with Gasteiger partial charge in [-0.15, -0.1) is 0 Å². The zero-order chi connectivity index (χ0) is 14.6. The Bertz CT molecular complexity index is 494. The van der Waals surface area contributed by atoms with Gasteiger partial charge in [-0.05, 0) is 23.6 Å². The zero-order valence-corrected chi connectivity index (χ0v) is 13.0. The van der Waals surface area contributed by atoms with Gasteiger partial charge in [-0.3, -0.25) is 0 Å². The average molecular weight is 258 g/mol. The van der Waals surface area contributed by atoms with E-state index in [4.69, 9.17) is 5.73 Å². The quantitative estimate of drug-likeness (QED) is 0.779. The van der Waals surface area contributed by atoms with Gasteiger partial charge in [-0.1, -0.05) is 59.8 Å². The minimum Gasteiger partial charge on any atom is -0.383 e. The molecule has 0 aliphatic heterocycles. The fourth-order valence-electron chi connectivity index (χ4n) is 1.96. The van der Waals surface area contributed by atoms with E-state index in [9.17, 15) is 0 Å². The van der Waals surface area contributed by atoms with Crippen LogP contribution in [-0.2, 0) is 0 Å². The van der Waals surface area contributed by atoms with Crippen LogP contribution in [0.3, 0.4) is 0 Å². The summed E-state index contributed by atoms with van der Waals surface area (Å²) in [5, 5.41) is 0. The number of hydrogen-bond donors (Lipinski definition) is 1. The summed E-state index contributed by atoms with van der Waals surface area (Å²) >= 11 is 0. The van der Waals surface area contributed by atoms with Crippen molar-refractivity contribution in [1.82, 2.24) is 4.98 Å². The largest absolute Gasteiger partial charge is 0.383 e. The lowest BCUT2D eigenvalue weighted by Gasteiger charge is -2.11. The van der Waals surface area contributed by atoms with Gasteiger partial charge in [0.05, 0.1) is 5.69 Å². The predicted octanol–water partition coefficient (Wildman–Crippen LogP) is 4.88. The Morgan fingerprint density at radius 3 is 2.26 bits per heavy atom. The van der Waals surface area contributed by atoms with Crippen LogP contribution < -0.4 is 5.73 Å². The molecule has 0 aromatic carbocycles. The summed E-state index contributed by atoms with van der Waals surface area (Å²) in [5.41, 5.74) is 9.32. The van der Waals surface area contributed by atoms with Crippen molar-refractivity contribution in [2.45, 2.75) is 47.5 Å². The Morgan fingerprint density at radius 2 is 1.68 bits per heavy atom. The lowest BCUT2D eigenvalue weighted by Crippen LogP contribution is -2.02. The van der Waals surface area contributed by atoms with E-state index in [0.29, 0.717) is 11.7 Å². The van der Waals surface area contributed by atoms with Gasteiger partial charge in [0, 0.05) is 11.0 Å². The lowest BCUT2D eigenvalue weighted by molar-refractivity contribution is 0.633. The van der Waals surface area contributed by atoms with Crippen LogP contribution in [0.15, 0.2) is 18.2 Å². The van der Waals surface area contributed by atoms with Crippen molar-refractivity contribution >= 4 is 18.0 Å². The maximum absolute atomic E-state index is 6.00. The molecule has 1 aliphatic carbocycles. The Labute approximate surface area is 117 Å². The molecule has 1 aliphatic rings. The summed E-state index contributed by atoms with van der Waals surface area (Å²) in [5.74, 6) is 1.05. The van der Waals surface area contributed by atoms with Crippen molar-refractivity contribution in [2.24, 2.45) is 5.41 Å². The molecule has 0 spiro atoms. The second kappa shape index (κ2) is 6.05. The topological polar surface area (TPSA) is 38.9 Å². The van der Waals surface area contributed by atoms with E-state index in [0.717, 1.165) is 16.8 Å². The third kappa shape index (κ3) is 3.69. The molecule has 0 bridgehead atoms. The molecule has 1 aromatic heterocycles. The second-order valence-electron chi connectivity index (χ2n) is 5.58. The van der Waals surface area contributed by atoms with Crippen LogP contribution in [0, 0.1) is 5.41 Å². The van der Waals surface area contributed by atoms with Gasteiger partial charge in [0.2, 0.25) is 0 Å². The molecule has 1 aromatic rings. The van der Waals surface area contributed by atoms with Gasteiger partial charge in [-0.25, -0.2) is 4.98 Å². The van der Waals surface area contributed by atoms with Crippen LogP contribution in [0.2, 0.25) is 0 Å². The number of rotatable bonds is 1.